The van der Waals surface area contributed by atoms with Gasteiger partial charge in [0.05, 0.1) is 5.52 Å². The molecule has 2 aromatic rings. The van der Waals surface area contributed by atoms with Gasteiger partial charge in [-0.05, 0) is 37.0 Å². The molecule has 0 aliphatic rings. The number of anilines is 1. The van der Waals surface area contributed by atoms with Crippen molar-refractivity contribution >= 4 is 16.6 Å². The molecular formula is C16H19F3N2. The summed E-state index contributed by atoms with van der Waals surface area (Å²) in [6.45, 7) is 5.64. The standard InChI is InChI=1S/C16H19F3N2/c1-5-9(2)11-6-7-13-12(8-11)14(20-4)10(3)15(21-13)16(17,18)19/h6-9H,5H2,1-4H3,(H,20,21). The third kappa shape index (κ3) is 2.82. The highest BCUT2D eigenvalue weighted by molar-refractivity contribution is 5.94. The molecule has 0 aliphatic carbocycles. The summed E-state index contributed by atoms with van der Waals surface area (Å²) >= 11 is 0. The molecule has 114 valence electrons. The Morgan fingerprint density at radius 1 is 1.29 bits per heavy atom. The van der Waals surface area contributed by atoms with E-state index in [0.717, 1.165) is 17.4 Å². The molecule has 1 atom stereocenters. The zero-order valence-electron chi connectivity index (χ0n) is 12.6. The first-order valence-corrected chi connectivity index (χ1v) is 6.98. The molecule has 2 rings (SSSR count). The predicted molar refractivity (Wildman–Crippen MR) is 79.7 cm³/mol. The van der Waals surface area contributed by atoms with Crippen LogP contribution in [0.25, 0.3) is 10.9 Å². The van der Waals surface area contributed by atoms with Gasteiger partial charge in [-0.25, -0.2) is 4.98 Å². The van der Waals surface area contributed by atoms with Crippen molar-refractivity contribution in [3.63, 3.8) is 0 Å². The topological polar surface area (TPSA) is 24.9 Å². The van der Waals surface area contributed by atoms with Crippen LogP contribution in [-0.2, 0) is 6.18 Å². The molecule has 0 saturated heterocycles. The smallest absolute Gasteiger partial charge is 0.387 e. The van der Waals surface area contributed by atoms with Gasteiger partial charge in [-0.1, -0.05) is 19.9 Å². The summed E-state index contributed by atoms with van der Waals surface area (Å²) in [5, 5.41) is 3.63. The highest BCUT2D eigenvalue weighted by atomic mass is 19.4. The van der Waals surface area contributed by atoms with Crippen molar-refractivity contribution in [3.8, 4) is 0 Å². The summed E-state index contributed by atoms with van der Waals surface area (Å²) in [6.07, 6.45) is -3.47. The average Bonchev–Trinajstić information content (AvgIpc) is 2.44. The fourth-order valence-corrected chi connectivity index (χ4v) is 2.52. The lowest BCUT2D eigenvalue weighted by Crippen LogP contribution is -2.12. The minimum Gasteiger partial charge on any atom is -0.387 e. The van der Waals surface area contributed by atoms with Crippen LogP contribution in [0.5, 0.6) is 0 Å². The first-order valence-electron chi connectivity index (χ1n) is 6.98. The Kier molecular flexibility index (Phi) is 4.12. The molecule has 0 fully saturated rings. The van der Waals surface area contributed by atoms with Gasteiger partial charge in [0.2, 0.25) is 0 Å². The monoisotopic (exact) mass is 296 g/mol. The van der Waals surface area contributed by atoms with Crippen LogP contribution in [0.3, 0.4) is 0 Å². The van der Waals surface area contributed by atoms with Gasteiger partial charge in [0.15, 0.2) is 0 Å². The van der Waals surface area contributed by atoms with Crippen molar-refractivity contribution in [1.29, 1.82) is 0 Å². The molecule has 0 radical (unpaired) electrons. The van der Waals surface area contributed by atoms with Crippen molar-refractivity contribution in [2.45, 2.75) is 39.3 Å². The fourth-order valence-electron chi connectivity index (χ4n) is 2.52. The van der Waals surface area contributed by atoms with Gasteiger partial charge >= 0.3 is 6.18 Å². The number of nitrogens with zero attached hydrogens (tertiary/aromatic N) is 1. The SMILES string of the molecule is CCC(C)c1ccc2nc(C(F)(F)F)c(C)c(NC)c2c1. The number of fused-ring (bicyclic) bond motifs is 1. The Hall–Kier alpha value is -1.78. The van der Waals surface area contributed by atoms with Crippen LogP contribution < -0.4 is 5.32 Å². The number of halogens is 3. The molecule has 1 aromatic carbocycles. The normalized spacial score (nSPS) is 13.5. The Morgan fingerprint density at radius 2 is 1.95 bits per heavy atom. The van der Waals surface area contributed by atoms with Crippen LogP contribution in [0.15, 0.2) is 18.2 Å². The Morgan fingerprint density at radius 3 is 2.48 bits per heavy atom. The van der Waals surface area contributed by atoms with Gasteiger partial charge in [-0.2, -0.15) is 13.2 Å². The fraction of sp³-hybridized carbons (Fsp3) is 0.438. The maximum Gasteiger partial charge on any atom is 0.433 e. The van der Waals surface area contributed by atoms with Gasteiger partial charge in [0.1, 0.15) is 5.69 Å². The number of rotatable bonds is 3. The van der Waals surface area contributed by atoms with Gasteiger partial charge in [-0.15, -0.1) is 0 Å². The molecular weight excluding hydrogens is 277 g/mol. The molecule has 1 heterocycles. The van der Waals surface area contributed by atoms with Crippen molar-refractivity contribution in [2.24, 2.45) is 0 Å². The summed E-state index contributed by atoms with van der Waals surface area (Å²) in [4.78, 5) is 3.82. The lowest BCUT2D eigenvalue weighted by atomic mass is 9.95. The van der Waals surface area contributed by atoms with Crippen molar-refractivity contribution in [1.82, 2.24) is 4.98 Å². The maximum atomic E-state index is 13.1. The van der Waals surface area contributed by atoms with Crippen LogP contribution in [0.2, 0.25) is 0 Å². The summed E-state index contributed by atoms with van der Waals surface area (Å²) in [5.41, 5.74) is 1.29. The first kappa shape index (κ1) is 15.6. The lowest BCUT2D eigenvalue weighted by molar-refractivity contribution is -0.141. The predicted octanol–water partition coefficient (Wildman–Crippen LogP) is 5.12. The van der Waals surface area contributed by atoms with E-state index in [9.17, 15) is 13.2 Å². The van der Waals surface area contributed by atoms with E-state index in [0.29, 0.717) is 17.1 Å². The summed E-state index contributed by atoms with van der Waals surface area (Å²) in [6, 6.07) is 5.47. The van der Waals surface area contributed by atoms with Gasteiger partial charge < -0.3 is 5.32 Å². The van der Waals surface area contributed by atoms with Gasteiger partial charge in [0.25, 0.3) is 0 Å². The zero-order valence-corrected chi connectivity index (χ0v) is 12.6. The summed E-state index contributed by atoms with van der Waals surface area (Å²) in [7, 11) is 1.64. The summed E-state index contributed by atoms with van der Waals surface area (Å²) in [5.74, 6) is 0.363. The van der Waals surface area contributed by atoms with Crippen LogP contribution in [0.1, 0.15) is 43.0 Å². The number of hydrogen-bond acceptors (Lipinski definition) is 2. The number of nitrogens with one attached hydrogen (secondary N) is 1. The van der Waals surface area contributed by atoms with Crippen LogP contribution >= 0.6 is 0 Å². The van der Waals surface area contributed by atoms with E-state index in [1.165, 1.54) is 6.92 Å². The third-order valence-electron chi connectivity index (χ3n) is 3.95. The molecule has 5 heteroatoms. The molecule has 0 saturated carbocycles. The molecule has 0 spiro atoms. The van der Waals surface area contributed by atoms with E-state index in [1.54, 1.807) is 13.1 Å². The maximum absolute atomic E-state index is 13.1. The van der Waals surface area contributed by atoms with Gasteiger partial charge in [-0.3, -0.25) is 0 Å². The Labute approximate surface area is 122 Å². The average molecular weight is 296 g/mol. The van der Waals surface area contributed by atoms with Crippen molar-refractivity contribution in [3.05, 3.63) is 35.0 Å². The summed E-state index contributed by atoms with van der Waals surface area (Å²) < 4.78 is 39.2. The minimum atomic E-state index is -4.45. The van der Waals surface area contributed by atoms with Crippen molar-refractivity contribution < 1.29 is 13.2 Å². The van der Waals surface area contributed by atoms with E-state index >= 15 is 0 Å². The first-order chi connectivity index (χ1) is 9.79. The molecule has 0 aliphatic heterocycles. The molecule has 1 unspecified atom stereocenters. The highest BCUT2D eigenvalue weighted by Crippen LogP contribution is 2.37. The molecule has 0 amide bonds. The molecule has 2 nitrogen and oxygen atoms in total. The van der Waals surface area contributed by atoms with E-state index in [-0.39, 0.29) is 5.56 Å². The number of pyridine rings is 1. The number of benzene rings is 1. The second-order valence-corrected chi connectivity index (χ2v) is 5.29. The molecule has 1 N–H and O–H groups in total. The van der Waals surface area contributed by atoms with Crippen LogP contribution in [0.4, 0.5) is 18.9 Å². The zero-order chi connectivity index (χ0) is 15.8. The van der Waals surface area contributed by atoms with E-state index in [2.05, 4.69) is 24.1 Å². The van der Waals surface area contributed by atoms with Crippen LogP contribution in [0, 0.1) is 6.92 Å². The Balaban J connectivity index is 2.76. The second kappa shape index (κ2) is 5.54. The molecule has 21 heavy (non-hydrogen) atoms. The third-order valence-corrected chi connectivity index (χ3v) is 3.95. The van der Waals surface area contributed by atoms with E-state index < -0.39 is 11.9 Å². The highest BCUT2D eigenvalue weighted by Gasteiger charge is 2.36. The van der Waals surface area contributed by atoms with Crippen LogP contribution in [-0.4, -0.2) is 12.0 Å². The largest absolute Gasteiger partial charge is 0.433 e. The minimum absolute atomic E-state index is 0.138. The number of aromatic nitrogens is 1. The van der Waals surface area contributed by atoms with E-state index in [1.807, 2.05) is 12.1 Å². The number of alkyl halides is 3. The van der Waals surface area contributed by atoms with Crippen molar-refractivity contribution in [2.75, 3.05) is 12.4 Å². The number of hydrogen-bond donors (Lipinski definition) is 1. The Bertz CT molecular complexity index is 663. The lowest BCUT2D eigenvalue weighted by Gasteiger charge is -2.17. The van der Waals surface area contributed by atoms with Gasteiger partial charge in [0, 0.05) is 23.7 Å². The van der Waals surface area contributed by atoms with E-state index in [4.69, 9.17) is 0 Å². The molecule has 1 aromatic heterocycles. The quantitative estimate of drug-likeness (QED) is 0.850. The second-order valence-electron chi connectivity index (χ2n) is 5.29. The molecule has 0 bridgehead atoms.